The number of tetrazole rings is 1. The van der Waals surface area contributed by atoms with Crippen molar-refractivity contribution in [2.45, 2.75) is 44.9 Å². The van der Waals surface area contributed by atoms with Gasteiger partial charge in [0, 0.05) is 12.2 Å². The predicted octanol–water partition coefficient (Wildman–Crippen LogP) is 3.96. The Morgan fingerprint density at radius 1 is 1.15 bits per heavy atom. The molecular formula is C24H20ClF4N9O2. The van der Waals surface area contributed by atoms with Gasteiger partial charge in [0.05, 0.1) is 22.0 Å². The molecule has 3 aromatic heterocycles. The van der Waals surface area contributed by atoms with Crippen molar-refractivity contribution in [3.05, 3.63) is 75.7 Å². The molecule has 0 unspecified atom stereocenters. The number of hydrogen-bond donors (Lipinski definition) is 2. The molecule has 11 nitrogen and oxygen atoms in total. The smallest absolute Gasteiger partial charge is 0.349 e. The van der Waals surface area contributed by atoms with Crippen molar-refractivity contribution in [3.8, 4) is 5.82 Å². The average molecular weight is 578 g/mol. The van der Waals surface area contributed by atoms with E-state index in [1.54, 1.807) is 6.07 Å². The molecule has 1 fully saturated rings. The molecule has 0 spiro atoms. The predicted molar refractivity (Wildman–Crippen MR) is 132 cm³/mol. The summed E-state index contributed by atoms with van der Waals surface area (Å²) in [6, 6.07) is 6.52. The first-order valence-electron chi connectivity index (χ1n) is 12.0. The number of benzene rings is 1. The minimum absolute atomic E-state index is 0.0295. The molecule has 0 aliphatic heterocycles. The first-order valence-corrected chi connectivity index (χ1v) is 12.3. The third-order valence-corrected chi connectivity index (χ3v) is 6.46. The van der Waals surface area contributed by atoms with Crippen LogP contribution in [0.5, 0.6) is 0 Å². The van der Waals surface area contributed by atoms with Gasteiger partial charge in [-0.25, -0.2) is 14.1 Å². The number of aromatic nitrogens is 7. The number of alkyl halides is 3. The van der Waals surface area contributed by atoms with E-state index in [1.165, 1.54) is 31.3 Å². The van der Waals surface area contributed by atoms with Crippen LogP contribution in [0.2, 0.25) is 5.02 Å². The summed E-state index contributed by atoms with van der Waals surface area (Å²) < 4.78 is 54.1. The summed E-state index contributed by atoms with van der Waals surface area (Å²) in [7, 11) is 0. The van der Waals surface area contributed by atoms with Crippen LogP contribution in [0, 0.1) is 12.7 Å². The van der Waals surface area contributed by atoms with Gasteiger partial charge in [-0.3, -0.25) is 9.59 Å². The number of halogens is 5. The van der Waals surface area contributed by atoms with E-state index in [-0.39, 0.29) is 46.1 Å². The first kappa shape index (κ1) is 27.2. The zero-order valence-electron chi connectivity index (χ0n) is 20.7. The van der Waals surface area contributed by atoms with Gasteiger partial charge in [-0.15, -0.1) is 10.2 Å². The summed E-state index contributed by atoms with van der Waals surface area (Å²) in [5.74, 6) is -3.34. The molecule has 5 rings (SSSR count). The van der Waals surface area contributed by atoms with Crippen LogP contribution < -0.4 is 10.6 Å². The Morgan fingerprint density at radius 2 is 1.93 bits per heavy atom. The van der Waals surface area contributed by atoms with E-state index in [0.29, 0.717) is 10.4 Å². The van der Waals surface area contributed by atoms with Crippen molar-refractivity contribution in [1.29, 1.82) is 0 Å². The van der Waals surface area contributed by atoms with Gasteiger partial charge in [0.2, 0.25) is 0 Å². The highest BCUT2D eigenvalue weighted by molar-refractivity contribution is 6.32. The molecule has 2 amide bonds. The van der Waals surface area contributed by atoms with Crippen molar-refractivity contribution >= 4 is 29.1 Å². The highest BCUT2D eigenvalue weighted by atomic mass is 35.5. The van der Waals surface area contributed by atoms with Crippen LogP contribution in [0.4, 0.5) is 23.2 Å². The number of pyridine rings is 1. The number of carbonyl (C=O) groups excluding carboxylic acids is 2. The fourth-order valence-electron chi connectivity index (χ4n) is 4.01. The lowest BCUT2D eigenvalue weighted by Gasteiger charge is -2.27. The van der Waals surface area contributed by atoms with Crippen molar-refractivity contribution in [3.63, 3.8) is 0 Å². The minimum atomic E-state index is -4.79. The fraction of sp³-hybridized carbons (Fsp3) is 0.292. The Kier molecular flexibility index (Phi) is 7.23. The fourth-order valence-corrected chi connectivity index (χ4v) is 4.22. The van der Waals surface area contributed by atoms with Gasteiger partial charge < -0.3 is 10.6 Å². The van der Waals surface area contributed by atoms with E-state index >= 15 is 0 Å². The highest BCUT2D eigenvalue weighted by Gasteiger charge is 2.37. The van der Waals surface area contributed by atoms with Gasteiger partial charge in [0.25, 0.3) is 17.6 Å². The van der Waals surface area contributed by atoms with E-state index in [9.17, 15) is 27.2 Å². The molecule has 3 heterocycles. The summed E-state index contributed by atoms with van der Waals surface area (Å²) >= 11 is 6.28. The summed E-state index contributed by atoms with van der Waals surface area (Å²) in [6.07, 6.45) is -0.800. The largest absolute Gasteiger partial charge is 0.455 e. The molecule has 0 saturated heterocycles. The molecule has 1 saturated carbocycles. The summed E-state index contributed by atoms with van der Waals surface area (Å²) in [6.45, 7) is 1.16. The molecule has 16 heteroatoms. The van der Waals surface area contributed by atoms with Gasteiger partial charge in [-0.2, -0.15) is 23.1 Å². The summed E-state index contributed by atoms with van der Waals surface area (Å²) in [5.41, 5.74) is 0.266. The van der Waals surface area contributed by atoms with Crippen molar-refractivity contribution in [1.82, 2.24) is 40.3 Å². The van der Waals surface area contributed by atoms with Gasteiger partial charge in [0.1, 0.15) is 18.1 Å². The molecule has 0 atom stereocenters. The molecule has 1 aliphatic carbocycles. The zero-order chi connectivity index (χ0) is 28.6. The maximum atomic E-state index is 14.3. The maximum Gasteiger partial charge on any atom is 0.455 e. The minimum Gasteiger partial charge on any atom is -0.349 e. The van der Waals surface area contributed by atoms with E-state index in [1.807, 2.05) is 0 Å². The average Bonchev–Trinajstić information content (AvgIpc) is 3.51. The first-order chi connectivity index (χ1) is 19.0. The van der Waals surface area contributed by atoms with Gasteiger partial charge in [-0.05, 0) is 67.3 Å². The van der Waals surface area contributed by atoms with Gasteiger partial charge >= 0.3 is 6.18 Å². The quantitative estimate of drug-likeness (QED) is 0.318. The monoisotopic (exact) mass is 577 g/mol. The van der Waals surface area contributed by atoms with Crippen molar-refractivity contribution in [2.75, 3.05) is 5.32 Å². The van der Waals surface area contributed by atoms with Crippen LogP contribution in [-0.4, -0.2) is 52.8 Å². The van der Waals surface area contributed by atoms with E-state index in [0.717, 1.165) is 30.0 Å². The number of nitrogens with zero attached hydrogens (tertiary/aromatic N) is 7. The van der Waals surface area contributed by atoms with Crippen LogP contribution in [0.15, 0.2) is 36.5 Å². The van der Waals surface area contributed by atoms with Crippen molar-refractivity contribution < 1.29 is 27.2 Å². The number of carbonyl (C=O) groups is 2. The zero-order valence-corrected chi connectivity index (χ0v) is 21.5. The second-order valence-electron chi connectivity index (χ2n) is 9.08. The van der Waals surface area contributed by atoms with E-state index in [4.69, 9.17) is 11.6 Å². The highest BCUT2D eigenvalue weighted by Crippen LogP contribution is 2.27. The third-order valence-electron chi connectivity index (χ3n) is 6.17. The molecule has 0 bridgehead atoms. The Hall–Kier alpha value is -4.40. The van der Waals surface area contributed by atoms with Crippen LogP contribution in [0.1, 0.15) is 57.2 Å². The Morgan fingerprint density at radius 3 is 2.58 bits per heavy atom. The lowest BCUT2D eigenvalue weighted by atomic mass is 9.92. The van der Waals surface area contributed by atoms with E-state index < -0.39 is 29.6 Å². The van der Waals surface area contributed by atoms with Gasteiger partial charge in [0.15, 0.2) is 5.82 Å². The van der Waals surface area contributed by atoms with Crippen LogP contribution >= 0.6 is 11.6 Å². The summed E-state index contributed by atoms with van der Waals surface area (Å²) in [5, 5.41) is 19.6. The second kappa shape index (κ2) is 10.6. The van der Waals surface area contributed by atoms with E-state index in [2.05, 4.69) is 36.1 Å². The lowest BCUT2D eigenvalue weighted by Crippen LogP contribution is -2.40. The molecule has 208 valence electrons. The molecule has 2 N–H and O–H groups in total. The summed E-state index contributed by atoms with van der Waals surface area (Å²) in [4.78, 5) is 31.3. The number of rotatable bonds is 7. The number of aryl methyl sites for hydroxylation is 1. The number of hydrogen-bond acceptors (Lipinski definition) is 7. The molecule has 0 radical (unpaired) electrons. The number of amides is 2. The Labute approximate surface area is 228 Å². The second-order valence-corrected chi connectivity index (χ2v) is 9.49. The normalized spacial score (nSPS) is 13.7. The van der Waals surface area contributed by atoms with Crippen molar-refractivity contribution in [2.24, 2.45) is 0 Å². The number of nitrogens with one attached hydrogen (secondary N) is 2. The molecule has 40 heavy (non-hydrogen) atoms. The standard InChI is InChI=1S/C24H20ClF4N9O2/c1-12-8-13(26)9-16(21(39)31-14-4-2-5-14)19(12)32-22(40)18-10-15(11-37-35-23(33-36-37)24(27,28)29)34-38(18)20-17(25)6-3-7-30-20/h3,6-10,14H,2,4-5,11H2,1H3,(H,31,39)(H,32,40). The Balaban J connectivity index is 1.50. The maximum absolute atomic E-state index is 14.3. The van der Waals surface area contributed by atoms with Crippen LogP contribution in [0.3, 0.4) is 0 Å². The van der Waals surface area contributed by atoms with Crippen LogP contribution in [0.25, 0.3) is 5.82 Å². The molecule has 4 aromatic rings. The molecule has 1 aromatic carbocycles. The lowest BCUT2D eigenvalue weighted by molar-refractivity contribution is -0.145. The number of anilines is 1. The molecule has 1 aliphatic rings. The van der Waals surface area contributed by atoms with Crippen LogP contribution in [-0.2, 0) is 12.7 Å². The Bertz CT molecular complexity index is 1600. The molecular weight excluding hydrogens is 558 g/mol. The topological polar surface area (TPSA) is 133 Å². The SMILES string of the molecule is Cc1cc(F)cc(C(=O)NC2CCC2)c1NC(=O)c1cc(Cn2nnc(C(F)(F)F)n2)nn1-c1ncccc1Cl. The van der Waals surface area contributed by atoms with Gasteiger partial charge in [-0.1, -0.05) is 11.6 Å². The third kappa shape index (κ3) is 5.64.